The van der Waals surface area contributed by atoms with E-state index in [-0.39, 0.29) is 12.4 Å². The van der Waals surface area contributed by atoms with Gasteiger partial charge in [0, 0.05) is 12.8 Å². The zero-order valence-electron chi connectivity index (χ0n) is 10.4. The Morgan fingerprint density at radius 3 is 2.55 bits per heavy atom. The predicted molar refractivity (Wildman–Crippen MR) is 66.5 cm³/mol. The molecule has 0 bridgehead atoms. The number of hydrogen-bond donors (Lipinski definition) is 1. The molecule has 1 aromatic heterocycles. The van der Waals surface area contributed by atoms with Crippen molar-refractivity contribution >= 4 is 0 Å². The zero-order valence-corrected chi connectivity index (χ0v) is 10.4. The number of para-hydroxylation sites is 1. The van der Waals surface area contributed by atoms with Crippen molar-refractivity contribution in [2.75, 3.05) is 6.61 Å². The molecule has 0 aliphatic heterocycles. The average Bonchev–Trinajstić information content (AvgIpc) is 2.41. The van der Waals surface area contributed by atoms with Crippen LogP contribution in [0, 0.1) is 0 Å². The zero-order chi connectivity index (χ0) is 14.6. The topological polar surface area (TPSA) is 42.4 Å². The summed E-state index contributed by atoms with van der Waals surface area (Å²) in [6.07, 6.45) is -3.00. The summed E-state index contributed by atoms with van der Waals surface area (Å²) in [5.41, 5.74) is -0.312. The van der Waals surface area contributed by atoms with Crippen molar-refractivity contribution in [2.45, 2.75) is 12.6 Å². The molecule has 1 aromatic carbocycles. The third-order valence-corrected chi connectivity index (χ3v) is 2.64. The van der Waals surface area contributed by atoms with E-state index < -0.39 is 17.6 Å². The van der Waals surface area contributed by atoms with Gasteiger partial charge in [0.25, 0.3) is 0 Å². The van der Waals surface area contributed by atoms with E-state index in [4.69, 9.17) is 9.84 Å². The summed E-state index contributed by atoms with van der Waals surface area (Å²) in [5.74, 6) is -0.240. The number of rotatable bonds is 4. The van der Waals surface area contributed by atoms with Gasteiger partial charge in [-0.05, 0) is 30.2 Å². The first-order chi connectivity index (χ1) is 9.52. The number of pyridine rings is 1. The fourth-order valence-electron chi connectivity index (χ4n) is 1.72. The summed E-state index contributed by atoms with van der Waals surface area (Å²) in [6, 6.07) is 8.71. The quantitative estimate of drug-likeness (QED) is 0.934. The second-order valence-corrected chi connectivity index (χ2v) is 4.04. The molecular formula is C14H12F3NO2. The van der Waals surface area contributed by atoms with Gasteiger partial charge in [-0.2, -0.15) is 13.2 Å². The summed E-state index contributed by atoms with van der Waals surface area (Å²) in [6.45, 7) is -0.116. The number of nitrogens with zero attached hydrogens (tertiary/aromatic N) is 1. The number of aromatic nitrogens is 1. The second kappa shape index (κ2) is 5.92. The molecule has 0 radical (unpaired) electrons. The Balaban J connectivity index is 2.36. The van der Waals surface area contributed by atoms with Crippen LogP contribution < -0.4 is 4.74 Å². The Morgan fingerprint density at radius 1 is 1.10 bits per heavy atom. The van der Waals surface area contributed by atoms with E-state index in [2.05, 4.69) is 4.98 Å². The molecule has 0 spiro atoms. The molecule has 6 heteroatoms. The minimum absolute atomic E-state index is 0.116. The van der Waals surface area contributed by atoms with Crippen molar-refractivity contribution in [3.05, 3.63) is 53.7 Å². The van der Waals surface area contributed by atoms with Gasteiger partial charge < -0.3 is 9.84 Å². The number of aliphatic hydroxyl groups is 1. The Hall–Kier alpha value is -2.08. The summed E-state index contributed by atoms with van der Waals surface area (Å²) in [7, 11) is 0. The van der Waals surface area contributed by atoms with Crippen molar-refractivity contribution in [1.29, 1.82) is 0 Å². The van der Waals surface area contributed by atoms with Crippen LogP contribution in [0.15, 0.2) is 42.6 Å². The third kappa shape index (κ3) is 3.27. The molecular weight excluding hydrogens is 271 g/mol. The SMILES string of the molecule is OCCc1ccccc1Oc1ncccc1C(F)(F)F. The summed E-state index contributed by atoms with van der Waals surface area (Å²) < 4.78 is 43.8. The molecule has 20 heavy (non-hydrogen) atoms. The van der Waals surface area contributed by atoms with Gasteiger partial charge in [-0.25, -0.2) is 4.98 Å². The molecule has 2 rings (SSSR count). The maximum Gasteiger partial charge on any atom is 0.421 e. The lowest BCUT2D eigenvalue weighted by molar-refractivity contribution is -0.138. The summed E-state index contributed by atoms with van der Waals surface area (Å²) in [4.78, 5) is 3.64. The number of hydrogen-bond acceptors (Lipinski definition) is 3. The van der Waals surface area contributed by atoms with E-state index in [1.54, 1.807) is 24.3 Å². The van der Waals surface area contributed by atoms with Crippen LogP contribution in [0.4, 0.5) is 13.2 Å². The highest BCUT2D eigenvalue weighted by molar-refractivity contribution is 5.39. The molecule has 106 valence electrons. The lowest BCUT2D eigenvalue weighted by Crippen LogP contribution is -2.08. The van der Waals surface area contributed by atoms with E-state index in [9.17, 15) is 13.2 Å². The first-order valence-electron chi connectivity index (χ1n) is 5.91. The van der Waals surface area contributed by atoms with Gasteiger partial charge in [-0.1, -0.05) is 18.2 Å². The number of ether oxygens (including phenoxy) is 1. The van der Waals surface area contributed by atoms with Gasteiger partial charge >= 0.3 is 6.18 Å². The molecule has 0 unspecified atom stereocenters. The maximum atomic E-state index is 12.8. The number of alkyl halides is 3. The van der Waals surface area contributed by atoms with Crippen LogP contribution in [-0.2, 0) is 12.6 Å². The standard InChI is InChI=1S/C14H12F3NO2/c15-14(16,17)11-5-3-8-18-13(11)20-12-6-2-1-4-10(12)7-9-19/h1-6,8,19H,7,9H2. The highest BCUT2D eigenvalue weighted by Gasteiger charge is 2.35. The van der Waals surface area contributed by atoms with E-state index in [0.29, 0.717) is 12.0 Å². The molecule has 1 heterocycles. The van der Waals surface area contributed by atoms with Crippen LogP contribution in [0.3, 0.4) is 0 Å². The molecule has 0 amide bonds. The normalized spacial score (nSPS) is 11.4. The van der Waals surface area contributed by atoms with Crippen LogP contribution >= 0.6 is 0 Å². The monoisotopic (exact) mass is 283 g/mol. The van der Waals surface area contributed by atoms with Gasteiger partial charge in [0.15, 0.2) is 0 Å². The molecule has 3 nitrogen and oxygen atoms in total. The van der Waals surface area contributed by atoms with E-state index >= 15 is 0 Å². The van der Waals surface area contributed by atoms with Gasteiger partial charge in [0.1, 0.15) is 11.3 Å². The van der Waals surface area contributed by atoms with Crippen LogP contribution in [0.1, 0.15) is 11.1 Å². The van der Waals surface area contributed by atoms with E-state index in [0.717, 1.165) is 6.07 Å². The summed E-state index contributed by atoms with van der Waals surface area (Å²) in [5, 5.41) is 8.94. The highest BCUT2D eigenvalue weighted by Crippen LogP contribution is 2.37. The molecule has 0 saturated carbocycles. The Morgan fingerprint density at radius 2 is 1.85 bits per heavy atom. The number of benzene rings is 1. The molecule has 0 saturated heterocycles. The average molecular weight is 283 g/mol. The van der Waals surface area contributed by atoms with Crippen molar-refractivity contribution < 1.29 is 23.0 Å². The Labute approximate surface area is 113 Å². The van der Waals surface area contributed by atoms with Crippen molar-refractivity contribution in [3.8, 4) is 11.6 Å². The van der Waals surface area contributed by atoms with Gasteiger partial charge in [-0.3, -0.25) is 0 Å². The first kappa shape index (κ1) is 14.3. The fourth-order valence-corrected chi connectivity index (χ4v) is 1.72. The van der Waals surface area contributed by atoms with Gasteiger partial charge in [-0.15, -0.1) is 0 Å². The Kier molecular flexibility index (Phi) is 4.24. The first-order valence-corrected chi connectivity index (χ1v) is 5.91. The molecule has 0 fully saturated rings. The van der Waals surface area contributed by atoms with E-state index in [1.165, 1.54) is 12.3 Å². The van der Waals surface area contributed by atoms with Gasteiger partial charge in [0.2, 0.25) is 5.88 Å². The van der Waals surface area contributed by atoms with Crippen LogP contribution in [0.25, 0.3) is 0 Å². The smallest absolute Gasteiger partial charge is 0.421 e. The molecule has 0 aliphatic carbocycles. The van der Waals surface area contributed by atoms with Crippen LogP contribution in [-0.4, -0.2) is 16.7 Å². The number of halogens is 3. The third-order valence-electron chi connectivity index (χ3n) is 2.64. The van der Waals surface area contributed by atoms with Crippen molar-refractivity contribution in [2.24, 2.45) is 0 Å². The fraction of sp³-hybridized carbons (Fsp3) is 0.214. The minimum Gasteiger partial charge on any atom is -0.438 e. The molecule has 1 N–H and O–H groups in total. The van der Waals surface area contributed by atoms with E-state index in [1.807, 2.05) is 0 Å². The molecule has 0 atom stereocenters. The maximum absolute atomic E-state index is 12.8. The largest absolute Gasteiger partial charge is 0.438 e. The highest BCUT2D eigenvalue weighted by atomic mass is 19.4. The Bertz CT molecular complexity index is 585. The lowest BCUT2D eigenvalue weighted by atomic mass is 10.1. The molecule has 0 aliphatic rings. The van der Waals surface area contributed by atoms with Gasteiger partial charge in [0.05, 0.1) is 0 Å². The minimum atomic E-state index is -4.53. The van der Waals surface area contributed by atoms with Crippen LogP contribution in [0.2, 0.25) is 0 Å². The number of aliphatic hydroxyl groups excluding tert-OH is 1. The molecule has 2 aromatic rings. The van der Waals surface area contributed by atoms with Crippen LogP contribution in [0.5, 0.6) is 11.6 Å². The van der Waals surface area contributed by atoms with Crippen molar-refractivity contribution in [1.82, 2.24) is 4.98 Å². The van der Waals surface area contributed by atoms with Crippen molar-refractivity contribution in [3.63, 3.8) is 0 Å². The summed E-state index contributed by atoms with van der Waals surface area (Å²) >= 11 is 0. The second-order valence-electron chi connectivity index (χ2n) is 4.04. The lowest BCUT2D eigenvalue weighted by Gasteiger charge is -2.14. The predicted octanol–water partition coefficient (Wildman–Crippen LogP) is 3.43.